The zero-order valence-electron chi connectivity index (χ0n) is 11.2. The fourth-order valence-corrected chi connectivity index (χ4v) is 3.05. The number of methoxy groups -OCH3 is 1. The van der Waals surface area contributed by atoms with Gasteiger partial charge in [0, 0.05) is 36.7 Å². The van der Waals surface area contributed by atoms with Crippen molar-refractivity contribution in [1.29, 1.82) is 0 Å². The van der Waals surface area contributed by atoms with Crippen LogP contribution in [0.25, 0.3) is 0 Å². The summed E-state index contributed by atoms with van der Waals surface area (Å²) >= 11 is 3.58. The summed E-state index contributed by atoms with van der Waals surface area (Å²) in [4.78, 5) is 2.34. The van der Waals surface area contributed by atoms with Gasteiger partial charge in [0.15, 0.2) is 0 Å². The largest absolute Gasteiger partial charge is 0.497 e. The van der Waals surface area contributed by atoms with Crippen molar-refractivity contribution in [3.05, 3.63) is 28.2 Å². The Morgan fingerprint density at radius 3 is 2.79 bits per heavy atom. The van der Waals surface area contributed by atoms with Gasteiger partial charge in [0.2, 0.25) is 0 Å². The first kappa shape index (κ1) is 14.8. The number of rotatable bonds is 5. The molecule has 1 aliphatic heterocycles. The van der Waals surface area contributed by atoms with Crippen LogP contribution in [0.2, 0.25) is 0 Å². The van der Waals surface area contributed by atoms with Gasteiger partial charge in [-0.1, -0.05) is 15.9 Å². The second-order valence-corrected chi connectivity index (χ2v) is 5.52. The number of nitrogens with zero attached hydrogens (tertiary/aromatic N) is 1. The Morgan fingerprint density at radius 2 is 2.16 bits per heavy atom. The summed E-state index contributed by atoms with van der Waals surface area (Å²) in [6.45, 7) is 3.52. The van der Waals surface area contributed by atoms with Gasteiger partial charge in [-0.05, 0) is 30.2 Å². The molecule has 0 bridgehead atoms. The molecule has 0 amide bonds. The number of benzene rings is 1. The normalized spacial score (nSPS) is 18.3. The minimum Gasteiger partial charge on any atom is -0.497 e. The summed E-state index contributed by atoms with van der Waals surface area (Å²) < 4.78 is 19.2. The summed E-state index contributed by atoms with van der Waals surface area (Å²) in [7, 11) is 1.65. The van der Waals surface area contributed by atoms with Crippen LogP contribution in [0.1, 0.15) is 18.0 Å². The minimum atomic E-state index is -0.307. The second kappa shape index (κ2) is 7.22. The van der Waals surface area contributed by atoms with Crippen LogP contribution in [0.4, 0.5) is 4.39 Å². The zero-order chi connectivity index (χ0) is 13.7. The van der Waals surface area contributed by atoms with Gasteiger partial charge in [-0.3, -0.25) is 9.29 Å². The molecule has 0 radical (unpaired) electrons. The van der Waals surface area contributed by atoms with Crippen molar-refractivity contribution in [2.75, 3.05) is 40.0 Å². The van der Waals surface area contributed by atoms with Crippen LogP contribution in [0.5, 0.6) is 5.75 Å². The van der Waals surface area contributed by atoms with Crippen LogP contribution in [0, 0.1) is 0 Å². The van der Waals surface area contributed by atoms with Crippen LogP contribution in [0.15, 0.2) is 22.7 Å². The fraction of sp³-hybridized carbons (Fsp3) is 0.571. The molecule has 0 aliphatic carbocycles. The molecule has 1 aromatic rings. The third-order valence-corrected chi connectivity index (χ3v) is 4.26. The summed E-state index contributed by atoms with van der Waals surface area (Å²) in [5.74, 6) is 0.817. The first-order valence-corrected chi connectivity index (χ1v) is 7.39. The maximum absolute atomic E-state index is 12.9. The monoisotopic (exact) mass is 330 g/mol. The lowest BCUT2D eigenvalue weighted by molar-refractivity contribution is 0.157. The van der Waals surface area contributed by atoms with E-state index in [4.69, 9.17) is 4.74 Å². The smallest absolute Gasteiger partial charge is 0.119 e. The van der Waals surface area contributed by atoms with Gasteiger partial charge in [-0.2, -0.15) is 0 Å². The lowest BCUT2D eigenvalue weighted by Gasteiger charge is -2.35. The lowest BCUT2D eigenvalue weighted by atomic mass is 10.0. The van der Waals surface area contributed by atoms with Crippen molar-refractivity contribution in [3.63, 3.8) is 0 Å². The molecule has 1 fully saturated rings. The highest BCUT2D eigenvalue weighted by atomic mass is 79.9. The van der Waals surface area contributed by atoms with Crippen LogP contribution < -0.4 is 10.1 Å². The Kier molecular flexibility index (Phi) is 5.60. The van der Waals surface area contributed by atoms with Gasteiger partial charge >= 0.3 is 0 Å². The first-order chi connectivity index (χ1) is 9.26. The molecule has 106 valence electrons. The number of hydrogen-bond donors (Lipinski definition) is 1. The van der Waals surface area contributed by atoms with Crippen LogP contribution in [-0.2, 0) is 0 Å². The van der Waals surface area contributed by atoms with E-state index in [0.717, 1.165) is 42.0 Å². The Hall–Kier alpha value is -0.650. The Balaban J connectivity index is 2.26. The molecule has 0 saturated carbocycles. The molecule has 1 aliphatic rings. The van der Waals surface area contributed by atoms with Gasteiger partial charge in [-0.15, -0.1) is 0 Å². The quantitative estimate of drug-likeness (QED) is 0.898. The van der Waals surface area contributed by atoms with E-state index in [-0.39, 0.29) is 12.7 Å². The van der Waals surface area contributed by atoms with E-state index in [1.54, 1.807) is 7.11 Å². The number of halogens is 2. The topological polar surface area (TPSA) is 24.5 Å². The highest BCUT2D eigenvalue weighted by molar-refractivity contribution is 9.10. The molecule has 1 aromatic carbocycles. The molecular formula is C14H20BrFN2O. The standard InChI is InChI=1S/C14H20BrFN2O/c1-19-11-2-3-13(15)12(10-11)14(4-5-16)18-8-6-17-7-9-18/h2-3,10,14,17H,4-9H2,1H3/t14-/m1/s1. The third-order valence-electron chi connectivity index (χ3n) is 3.54. The number of alkyl halides is 1. The highest BCUT2D eigenvalue weighted by Gasteiger charge is 2.24. The molecule has 0 aromatic heterocycles. The van der Waals surface area contributed by atoms with Gasteiger partial charge in [0.25, 0.3) is 0 Å². The molecular weight excluding hydrogens is 311 g/mol. The van der Waals surface area contributed by atoms with E-state index in [9.17, 15) is 4.39 Å². The maximum Gasteiger partial charge on any atom is 0.119 e. The van der Waals surface area contributed by atoms with E-state index < -0.39 is 0 Å². The van der Waals surface area contributed by atoms with Gasteiger partial charge in [0.05, 0.1) is 13.8 Å². The summed E-state index contributed by atoms with van der Waals surface area (Å²) in [6.07, 6.45) is 0.520. The lowest BCUT2D eigenvalue weighted by Crippen LogP contribution is -2.45. The molecule has 5 heteroatoms. The van der Waals surface area contributed by atoms with Gasteiger partial charge in [-0.25, -0.2) is 0 Å². The SMILES string of the molecule is COc1ccc(Br)c([C@@H](CCF)N2CCNCC2)c1. The molecule has 0 spiro atoms. The van der Waals surface area contributed by atoms with Crippen LogP contribution >= 0.6 is 15.9 Å². The molecule has 2 rings (SSSR count). The number of piperazine rings is 1. The molecule has 0 unspecified atom stereocenters. The van der Waals surface area contributed by atoms with Crippen molar-refractivity contribution in [3.8, 4) is 5.75 Å². The minimum absolute atomic E-state index is 0.108. The predicted octanol–water partition coefficient (Wildman–Crippen LogP) is 2.76. The number of ether oxygens (including phenoxy) is 1. The number of nitrogens with one attached hydrogen (secondary N) is 1. The maximum atomic E-state index is 12.9. The highest BCUT2D eigenvalue weighted by Crippen LogP contribution is 2.33. The third kappa shape index (κ3) is 3.68. The van der Waals surface area contributed by atoms with E-state index in [1.807, 2.05) is 18.2 Å². The summed E-state index contributed by atoms with van der Waals surface area (Å²) in [5, 5.41) is 3.33. The fourth-order valence-electron chi connectivity index (χ4n) is 2.54. The van der Waals surface area contributed by atoms with E-state index in [1.165, 1.54) is 0 Å². The van der Waals surface area contributed by atoms with Crippen molar-refractivity contribution in [2.45, 2.75) is 12.5 Å². The summed E-state index contributed by atoms with van der Waals surface area (Å²) in [5.41, 5.74) is 1.11. The molecule has 19 heavy (non-hydrogen) atoms. The second-order valence-electron chi connectivity index (χ2n) is 4.67. The average molecular weight is 331 g/mol. The predicted molar refractivity (Wildman–Crippen MR) is 78.5 cm³/mol. The van der Waals surface area contributed by atoms with Crippen molar-refractivity contribution in [2.24, 2.45) is 0 Å². The summed E-state index contributed by atoms with van der Waals surface area (Å²) in [6, 6.07) is 6.00. The average Bonchev–Trinajstić information content (AvgIpc) is 2.47. The zero-order valence-corrected chi connectivity index (χ0v) is 12.7. The molecule has 1 N–H and O–H groups in total. The Morgan fingerprint density at radius 1 is 1.42 bits per heavy atom. The van der Waals surface area contributed by atoms with E-state index in [2.05, 4.69) is 26.1 Å². The van der Waals surface area contributed by atoms with E-state index in [0.29, 0.717) is 6.42 Å². The molecule has 1 saturated heterocycles. The molecule has 1 atom stereocenters. The van der Waals surface area contributed by atoms with Gasteiger partial charge in [0.1, 0.15) is 5.75 Å². The Labute approximate surface area is 122 Å². The van der Waals surface area contributed by atoms with Crippen LogP contribution in [0.3, 0.4) is 0 Å². The molecule has 3 nitrogen and oxygen atoms in total. The van der Waals surface area contributed by atoms with Crippen LogP contribution in [-0.4, -0.2) is 44.9 Å². The first-order valence-electron chi connectivity index (χ1n) is 6.60. The van der Waals surface area contributed by atoms with Crippen molar-refractivity contribution < 1.29 is 9.13 Å². The van der Waals surface area contributed by atoms with Crippen molar-refractivity contribution >= 4 is 15.9 Å². The Bertz CT molecular complexity index is 410. The van der Waals surface area contributed by atoms with Crippen molar-refractivity contribution in [1.82, 2.24) is 10.2 Å². The van der Waals surface area contributed by atoms with E-state index >= 15 is 0 Å². The molecule has 1 heterocycles. The number of hydrogen-bond acceptors (Lipinski definition) is 3. The van der Waals surface area contributed by atoms with Gasteiger partial charge < -0.3 is 10.1 Å².